The van der Waals surface area contributed by atoms with Gasteiger partial charge in [0, 0.05) is 26.9 Å². The van der Waals surface area contributed by atoms with Gasteiger partial charge in [0.2, 0.25) is 0 Å². The SMILES string of the molecule is COCCN(C)c1ccnc2scnc12. The van der Waals surface area contributed by atoms with E-state index in [1.165, 1.54) is 0 Å². The number of thiazole rings is 1. The van der Waals surface area contributed by atoms with Gasteiger partial charge < -0.3 is 9.64 Å². The lowest BCUT2D eigenvalue weighted by molar-refractivity contribution is 0.206. The lowest BCUT2D eigenvalue weighted by Gasteiger charge is -2.18. The number of rotatable bonds is 4. The molecule has 0 N–H and O–H groups in total. The molecule has 0 atom stereocenters. The van der Waals surface area contributed by atoms with Crippen LogP contribution in [-0.4, -0.2) is 37.3 Å². The Morgan fingerprint density at radius 1 is 1.47 bits per heavy atom. The third-order valence-electron chi connectivity index (χ3n) is 2.26. The van der Waals surface area contributed by atoms with E-state index in [1.807, 2.05) is 24.8 Å². The van der Waals surface area contributed by atoms with Gasteiger partial charge in [0.15, 0.2) is 0 Å². The predicted octanol–water partition coefficient (Wildman–Crippen LogP) is 1.77. The summed E-state index contributed by atoms with van der Waals surface area (Å²) in [7, 11) is 3.74. The van der Waals surface area contributed by atoms with Crippen LogP contribution in [-0.2, 0) is 4.74 Å². The molecule has 0 radical (unpaired) electrons. The summed E-state index contributed by atoms with van der Waals surface area (Å²) in [5, 5.41) is 0. The molecular weight excluding hydrogens is 210 g/mol. The minimum absolute atomic E-state index is 0.713. The van der Waals surface area contributed by atoms with E-state index < -0.39 is 0 Å². The van der Waals surface area contributed by atoms with E-state index in [1.54, 1.807) is 18.4 Å². The lowest BCUT2D eigenvalue weighted by Crippen LogP contribution is -2.22. The van der Waals surface area contributed by atoms with Gasteiger partial charge in [-0.25, -0.2) is 9.97 Å². The first kappa shape index (κ1) is 10.3. The minimum Gasteiger partial charge on any atom is -0.383 e. The maximum Gasteiger partial charge on any atom is 0.145 e. The second kappa shape index (κ2) is 4.55. The van der Waals surface area contributed by atoms with Crippen molar-refractivity contribution in [2.24, 2.45) is 0 Å². The fraction of sp³-hybridized carbons (Fsp3) is 0.400. The summed E-state index contributed by atoms with van der Waals surface area (Å²) in [6, 6.07) is 1.98. The van der Waals surface area contributed by atoms with Crippen molar-refractivity contribution in [3.05, 3.63) is 17.8 Å². The molecule has 0 aliphatic heterocycles. The van der Waals surface area contributed by atoms with Gasteiger partial charge in [-0.15, -0.1) is 11.3 Å². The summed E-state index contributed by atoms with van der Waals surface area (Å²) >= 11 is 1.56. The van der Waals surface area contributed by atoms with Crippen molar-refractivity contribution in [3.63, 3.8) is 0 Å². The summed E-state index contributed by atoms with van der Waals surface area (Å²) in [5.74, 6) is 0. The number of hydrogen-bond acceptors (Lipinski definition) is 5. The molecule has 0 spiro atoms. The maximum absolute atomic E-state index is 5.05. The van der Waals surface area contributed by atoms with Gasteiger partial charge in [0.1, 0.15) is 10.3 Å². The summed E-state index contributed by atoms with van der Waals surface area (Å²) in [4.78, 5) is 11.7. The predicted molar refractivity (Wildman–Crippen MR) is 62.6 cm³/mol. The van der Waals surface area contributed by atoms with E-state index >= 15 is 0 Å². The normalized spacial score (nSPS) is 10.8. The number of nitrogens with zero attached hydrogens (tertiary/aromatic N) is 3. The van der Waals surface area contributed by atoms with Crippen molar-refractivity contribution in [1.82, 2.24) is 9.97 Å². The molecule has 4 nitrogen and oxygen atoms in total. The van der Waals surface area contributed by atoms with Gasteiger partial charge in [-0.05, 0) is 6.07 Å². The van der Waals surface area contributed by atoms with Crippen LogP contribution in [0.25, 0.3) is 10.3 Å². The summed E-state index contributed by atoms with van der Waals surface area (Å²) < 4.78 is 5.05. The molecule has 2 heterocycles. The Bertz CT molecular complexity index is 443. The number of likely N-dealkylation sites (N-methyl/N-ethyl adjacent to an activating group) is 1. The van der Waals surface area contributed by atoms with Crippen LogP contribution in [0.4, 0.5) is 5.69 Å². The Morgan fingerprint density at radius 2 is 2.33 bits per heavy atom. The van der Waals surface area contributed by atoms with Crippen LogP contribution < -0.4 is 4.90 Å². The molecule has 2 aromatic rings. The highest BCUT2D eigenvalue weighted by atomic mass is 32.1. The second-order valence-electron chi connectivity index (χ2n) is 3.25. The number of pyridine rings is 1. The van der Waals surface area contributed by atoms with Gasteiger partial charge in [0.25, 0.3) is 0 Å². The molecule has 0 saturated heterocycles. The van der Waals surface area contributed by atoms with E-state index in [9.17, 15) is 0 Å². The first-order valence-electron chi connectivity index (χ1n) is 4.71. The fourth-order valence-corrected chi connectivity index (χ4v) is 2.07. The van der Waals surface area contributed by atoms with Crippen LogP contribution in [0.3, 0.4) is 0 Å². The topological polar surface area (TPSA) is 38.2 Å². The molecule has 80 valence electrons. The van der Waals surface area contributed by atoms with Crippen LogP contribution in [0.2, 0.25) is 0 Å². The monoisotopic (exact) mass is 223 g/mol. The second-order valence-corrected chi connectivity index (χ2v) is 4.08. The van der Waals surface area contributed by atoms with Gasteiger partial charge >= 0.3 is 0 Å². The maximum atomic E-state index is 5.05. The molecule has 5 heteroatoms. The average Bonchev–Trinajstić information content (AvgIpc) is 2.73. The van der Waals surface area contributed by atoms with Crippen molar-refractivity contribution in [2.75, 3.05) is 32.2 Å². The van der Waals surface area contributed by atoms with Crippen molar-refractivity contribution in [2.45, 2.75) is 0 Å². The molecule has 2 aromatic heterocycles. The molecule has 2 rings (SSSR count). The average molecular weight is 223 g/mol. The number of anilines is 1. The highest BCUT2D eigenvalue weighted by Crippen LogP contribution is 2.25. The minimum atomic E-state index is 0.713. The Morgan fingerprint density at radius 3 is 3.13 bits per heavy atom. The Labute approximate surface area is 92.5 Å². The largest absolute Gasteiger partial charge is 0.383 e. The van der Waals surface area contributed by atoms with Crippen LogP contribution >= 0.6 is 11.3 Å². The van der Waals surface area contributed by atoms with Gasteiger partial charge in [-0.2, -0.15) is 0 Å². The molecule has 0 saturated carbocycles. The summed E-state index contributed by atoms with van der Waals surface area (Å²) in [6.07, 6.45) is 1.82. The van der Waals surface area contributed by atoms with E-state index in [-0.39, 0.29) is 0 Å². The van der Waals surface area contributed by atoms with Crippen molar-refractivity contribution >= 4 is 27.4 Å². The quantitative estimate of drug-likeness (QED) is 0.792. The first-order chi connectivity index (χ1) is 7.33. The zero-order valence-corrected chi connectivity index (χ0v) is 9.62. The van der Waals surface area contributed by atoms with E-state index in [2.05, 4.69) is 14.9 Å². The smallest absolute Gasteiger partial charge is 0.145 e. The molecule has 0 unspecified atom stereocenters. The standard InChI is InChI=1S/C10H13N3OS/c1-13(5-6-14-2)8-3-4-11-10-9(8)12-7-15-10/h3-4,7H,5-6H2,1-2H3. The molecular formula is C10H13N3OS. The number of ether oxygens (including phenoxy) is 1. The van der Waals surface area contributed by atoms with Gasteiger partial charge in [0.05, 0.1) is 17.8 Å². The van der Waals surface area contributed by atoms with Crippen molar-refractivity contribution in [1.29, 1.82) is 0 Å². The molecule has 0 fully saturated rings. The van der Waals surface area contributed by atoms with Gasteiger partial charge in [-0.1, -0.05) is 0 Å². The molecule has 0 aliphatic carbocycles. The van der Waals surface area contributed by atoms with E-state index in [0.29, 0.717) is 6.61 Å². The first-order valence-corrected chi connectivity index (χ1v) is 5.59. The number of fused-ring (bicyclic) bond motifs is 1. The zero-order valence-electron chi connectivity index (χ0n) is 8.80. The summed E-state index contributed by atoms with van der Waals surface area (Å²) in [5.41, 5.74) is 3.91. The highest BCUT2D eigenvalue weighted by Gasteiger charge is 2.08. The van der Waals surface area contributed by atoms with Gasteiger partial charge in [-0.3, -0.25) is 0 Å². The summed E-state index contributed by atoms with van der Waals surface area (Å²) in [6.45, 7) is 1.57. The number of aromatic nitrogens is 2. The van der Waals surface area contributed by atoms with E-state index in [4.69, 9.17) is 4.74 Å². The zero-order chi connectivity index (χ0) is 10.7. The Hall–Kier alpha value is -1.20. The molecule has 0 aromatic carbocycles. The molecule has 15 heavy (non-hydrogen) atoms. The lowest BCUT2D eigenvalue weighted by atomic mass is 10.3. The van der Waals surface area contributed by atoms with Crippen molar-refractivity contribution < 1.29 is 4.74 Å². The van der Waals surface area contributed by atoms with Crippen molar-refractivity contribution in [3.8, 4) is 0 Å². The third kappa shape index (κ3) is 2.08. The molecule has 0 bridgehead atoms. The van der Waals surface area contributed by atoms with E-state index in [0.717, 1.165) is 22.6 Å². The number of methoxy groups -OCH3 is 1. The molecule has 0 amide bonds. The Kier molecular flexibility index (Phi) is 3.13. The molecule has 0 aliphatic rings. The third-order valence-corrected chi connectivity index (χ3v) is 2.99. The van der Waals surface area contributed by atoms with Crippen LogP contribution in [0.1, 0.15) is 0 Å². The van der Waals surface area contributed by atoms with Crippen LogP contribution in [0.15, 0.2) is 17.8 Å². The number of hydrogen-bond donors (Lipinski definition) is 0. The van der Waals surface area contributed by atoms with Crippen LogP contribution in [0.5, 0.6) is 0 Å². The highest BCUT2D eigenvalue weighted by molar-refractivity contribution is 7.16. The Balaban J connectivity index is 2.29. The van der Waals surface area contributed by atoms with Crippen LogP contribution in [0, 0.1) is 0 Å². The fourth-order valence-electron chi connectivity index (χ4n) is 1.42.